The highest BCUT2D eigenvalue weighted by molar-refractivity contribution is 6.18. The Labute approximate surface area is 186 Å². The number of benzene rings is 5. The first-order valence-corrected chi connectivity index (χ1v) is 10.6. The van der Waals surface area contributed by atoms with Crippen LogP contribution in [0, 0.1) is 0 Å². The maximum absolute atomic E-state index is 8.85. The zero-order chi connectivity index (χ0) is 21.5. The van der Waals surface area contributed by atoms with Gasteiger partial charge in [-0.15, -0.1) is 0 Å². The normalized spacial score (nSPS) is 11.3. The van der Waals surface area contributed by atoms with Gasteiger partial charge in [-0.1, -0.05) is 78.9 Å². The van der Waals surface area contributed by atoms with E-state index in [9.17, 15) is 0 Å². The third kappa shape index (κ3) is 2.96. The molecule has 0 unspecified atom stereocenters. The summed E-state index contributed by atoms with van der Waals surface area (Å²) >= 11 is 0. The number of rotatable bonds is 4. The maximum atomic E-state index is 8.85. The minimum Gasteiger partial charge on any atom is -0.537 e. The molecular weight excluding hydrogens is 393 g/mol. The van der Waals surface area contributed by atoms with Crippen molar-refractivity contribution in [1.82, 2.24) is 4.57 Å². The molecule has 151 valence electrons. The molecule has 0 amide bonds. The van der Waals surface area contributed by atoms with E-state index in [1.807, 2.05) is 24.3 Å². The van der Waals surface area contributed by atoms with Crippen LogP contribution in [0.1, 0.15) is 0 Å². The highest BCUT2D eigenvalue weighted by Crippen LogP contribution is 2.37. The molecule has 0 bridgehead atoms. The lowest BCUT2D eigenvalue weighted by Gasteiger charge is -2.12. The highest BCUT2D eigenvalue weighted by atomic mass is 16.5. The molecule has 0 fully saturated rings. The van der Waals surface area contributed by atoms with Gasteiger partial charge in [0, 0.05) is 21.8 Å². The van der Waals surface area contributed by atoms with Gasteiger partial charge in [0.1, 0.15) is 5.75 Å². The third-order valence-corrected chi connectivity index (χ3v) is 6.04. The van der Waals surface area contributed by atoms with Gasteiger partial charge in [0.25, 0.3) is 0 Å². The summed E-state index contributed by atoms with van der Waals surface area (Å²) in [6.45, 7) is 0. The zero-order valence-corrected chi connectivity index (χ0v) is 17.3. The van der Waals surface area contributed by atoms with Crippen molar-refractivity contribution in [3.05, 3.63) is 109 Å². The number of fused-ring (bicyclic) bond motifs is 5. The van der Waals surface area contributed by atoms with Crippen LogP contribution in [0.15, 0.2) is 109 Å². The molecule has 1 aromatic heterocycles. The molecule has 0 atom stereocenters. The molecule has 1 radical (unpaired) electrons. The molecule has 0 aliphatic heterocycles. The van der Waals surface area contributed by atoms with Crippen molar-refractivity contribution >= 4 is 40.3 Å². The summed E-state index contributed by atoms with van der Waals surface area (Å²) in [6, 6.07) is 37.9. The van der Waals surface area contributed by atoms with Gasteiger partial charge in [0.05, 0.1) is 11.0 Å². The van der Waals surface area contributed by atoms with Gasteiger partial charge in [-0.3, -0.25) is 0 Å². The van der Waals surface area contributed by atoms with Gasteiger partial charge in [-0.2, -0.15) is 0 Å². The number of hydrogen-bond donors (Lipinski definition) is 1. The van der Waals surface area contributed by atoms with Crippen molar-refractivity contribution in [3.8, 4) is 22.6 Å². The molecule has 1 N–H and O–H groups in total. The first-order chi connectivity index (χ1) is 15.8. The van der Waals surface area contributed by atoms with Gasteiger partial charge >= 0.3 is 7.69 Å². The Balaban J connectivity index is 1.61. The van der Waals surface area contributed by atoms with Crippen LogP contribution in [0.4, 0.5) is 0 Å². The standard InChI is InChI=1S/C28H19BNO2/c31-29-32-23-15-12-19(13-16-23)21-7-5-8-22(18-21)30-27-11-4-3-10-25(27)26-17-14-20-6-1-2-9-24(20)28(26)30/h1-18,31H. The van der Waals surface area contributed by atoms with Crippen molar-refractivity contribution in [1.29, 1.82) is 0 Å². The molecule has 0 spiro atoms. The summed E-state index contributed by atoms with van der Waals surface area (Å²) in [7, 11) is 0.697. The predicted molar refractivity (Wildman–Crippen MR) is 132 cm³/mol. The van der Waals surface area contributed by atoms with Gasteiger partial charge < -0.3 is 14.2 Å². The van der Waals surface area contributed by atoms with E-state index in [2.05, 4.69) is 89.5 Å². The fourth-order valence-electron chi connectivity index (χ4n) is 4.61. The van der Waals surface area contributed by atoms with Crippen LogP contribution in [-0.2, 0) is 0 Å². The molecular formula is C28H19BNO2. The van der Waals surface area contributed by atoms with Gasteiger partial charge in [0.15, 0.2) is 0 Å². The lowest BCUT2D eigenvalue weighted by molar-refractivity contribution is 0.454. The van der Waals surface area contributed by atoms with Gasteiger partial charge in [-0.25, -0.2) is 0 Å². The van der Waals surface area contributed by atoms with E-state index in [1.54, 1.807) is 0 Å². The number of para-hydroxylation sites is 1. The van der Waals surface area contributed by atoms with Gasteiger partial charge in [0.2, 0.25) is 0 Å². The van der Waals surface area contributed by atoms with E-state index in [4.69, 9.17) is 9.68 Å². The topological polar surface area (TPSA) is 34.4 Å². The second-order valence-corrected chi connectivity index (χ2v) is 7.83. The molecule has 4 heteroatoms. The monoisotopic (exact) mass is 412 g/mol. The van der Waals surface area contributed by atoms with E-state index in [0.717, 1.165) is 16.8 Å². The summed E-state index contributed by atoms with van der Waals surface area (Å²) in [4.78, 5) is 0. The summed E-state index contributed by atoms with van der Waals surface area (Å²) in [5.41, 5.74) is 5.74. The van der Waals surface area contributed by atoms with E-state index < -0.39 is 0 Å². The quantitative estimate of drug-likeness (QED) is 0.335. The van der Waals surface area contributed by atoms with Crippen molar-refractivity contribution in [2.45, 2.75) is 0 Å². The number of hydrogen-bond acceptors (Lipinski definition) is 2. The molecule has 3 nitrogen and oxygen atoms in total. The maximum Gasteiger partial charge on any atom is 0.569 e. The van der Waals surface area contributed by atoms with E-state index >= 15 is 0 Å². The van der Waals surface area contributed by atoms with Crippen LogP contribution >= 0.6 is 0 Å². The molecule has 1 heterocycles. The smallest absolute Gasteiger partial charge is 0.537 e. The first-order valence-electron chi connectivity index (χ1n) is 10.6. The second-order valence-electron chi connectivity index (χ2n) is 7.83. The van der Waals surface area contributed by atoms with Crippen LogP contribution < -0.4 is 4.65 Å². The average Bonchev–Trinajstić information content (AvgIpc) is 3.20. The van der Waals surface area contributed by atoms with Crippen LogP contribution in [-0.4, -0.2) is 17.3 Å². The molecule has 0 saturated heterocycles. The molecule has 32 heavy (non-hydrogen) atoms. The average molecular weight is 412 g/mol. The van der Waals surface area contributed by atoms with Crippen LogP contribution in [0.5, 0.6) is 5.75 Å². The van der Waals surface area contributed by atoms with E-state index in [-0.39, 0.29) is 0 Å². The molecule has 0 aliphatic rings. The minimum absolute atomic E-state index is 0.598. The van der Waals surface area contributed by atoms with E-state index in [0.29, 0.717) is 13.4 Å². The zero-order valence-electron chi connectivity index (χ0n) is 17.3. The summed E-state index contributed by atoms with van der Waals surface area (Å²) in [5.74, 6) is 0.598. The minimum atomic E-state index is 0.598. The summed E-state index contributed by atoms with van der Waals surface area (Å²) in [5, 5.41) is 13.8. The Kier molecular flexibility index (Phi) is 4.44. The fourth-order valence-corrected chi connectivity index (χ4v) is 4.61. The largest absolute Gasteiger partial charge is 0.569 e. The Hall–Kier alpha value is -4.02. The molecule has 0 saturated carbocycles. The lowest BCUT2D eigenvalue weighted by atomic mass is 10.0. The number of nitrogens with zero attached hydrogens (tertiary/aromatic N) is 1. The molecule has 0 aliphatic carbocycles. The number of aromatic nitrogens is 1. The Morgan fingerprint density at radius 3 is 2.25 bits per heavy atom. The van der Waals surface area contributed by atoms with Crippen LogP contribution in [0.25, 0.3) is 49.4 Å². The summed E-state index contributed by atoms with van der Waals surface area (Å²) in [6.07, 6.45) is 0. The first kappa shape index (κ1) is 18.7. The molecule has 5 aromatic carbocycles. The van der Waals surface area contributed by atoms with Crippen molar-refractivity contribution in [2.75, 3.05) is 0 Å². The van der Waals surface area contributed by atoms with Crippen molar-refractivity contribution in [3.63, 3.8) is 0 Å². The van der Waals surface area contributed by atoms with Crippen molar-refractivity contribution in [2.24, 2.45) is 0 Å². The SMILES string of the molecule is O[B]Oc1ccc(-c2cccc(-n3c4ccccc4c4ccc5ccccc5c43)c2)cc1. The van der Waals surface area contributed by atoms with Gasteiger partial charge in [-0.05, 0) is 46.8 Å². The van der Waals surface area contributed by atoms with Crippen LogP contribution in [0.3, 0.4) is 0 Å². The highest BCUT2D eigenvalue weighted by Gasteiger charge is 2.15. The Bertz CT molecular complexity index is 1580. The van der Waals surface area contributed by atoms with E-state index in [1.165, 1.54) is 32.6 Å². The Morgan fingerprint density at radius 2 is 1.41 bits per heavy atom. The third-order valence-electron chi connectivity index (χ3n) is 6.04. The summed E-state index contributed by atoms with van der Waals surface area (Å²) < 4.78 is 7.41. The lowest BCUT2D eigenvalue weighted by Crippen LogP contribution is -1.99. The fraction of sp³-hybridized carbons (Fsp3) is 0. The van der Waals surface area contributed by atoms with Crippen molar-refractivity contribution < 1.29 is 9.68 Å². The molecule has 6 rings (SSSR count). The predicted octanol–water partition coefficient (Wildman–Crippen LogP) is 6.51. The Morgan fingerprint density at radius 1 is 0.625 bits per heavy atom. The van der Waals surface area contributed by atoms with Crippen LogP contribution in [0.2, 0.25) is 0 Å². The second kappa shape index (κ2) is 7.59. The molecule has 6 aromatic rings.